The Hall–Kier alpha value is -1.94. The topological polar surface area (TPSA) is 53.4 Å². The maximum Gasteiger partial charge on any atom is 0.254 e. The van der Waals surface area contributed by atoms with Crippen LogP contribution in [0.4, 0.5) is 0 Å². The van der Waals surface area contributed by atoms with Gasteiger partial charge in [0.2, 0.25) is 0 Å². The molecule has 0 saturated carbocycles. The number of benzene rings is 1. The number of amides is 1. The van der Waals surface area contributed by atoms with Crippen LogP contribution < -0.4 is 0 Å². The van der Waals surface area contributed by atoms with Crippen LogP contribution in [0.1, 0.15) is 52.9 Å². The molecule has 2 heterocycles. The highest BCUT2D eigenvalue weighted by Gasteiger charge is 2.27. The van der Waals surface area contributed by atoms with Gasteiger partial charge < -0.3 is 10.0 Å². The monoisotopic (exact) mass is 326 g/mol. The van der Waals surface area contributed by atoms with E-state index in [-0.39, 0.29) is 18.6 Å². The Kier molecular flexibility index (Phi) is 4.86. The number of aryl methyl sites for hydroxylation is 3. The lowest BCUT2D eigenvalue weighted by molar-refractivity contribution is 0.0601. The van der Waals surface area contributed by atoms with Gasteiger partial charge in [-0.05, 0) is 51.3 Å². The SMILES string of the molecule is Cc1cc(C)c2nc(C)cc(C(=O)N3CCCCC[C@H]3CO)c2c1. The van der Waals surface area contributed by atoms with E-state index in [1.54, 1.807) is 0 Å². The lowest BCUT2D eigenvalue weighted by Crippen LogP contribution is -2.42. The number of aromatic nitrogens is 1. The molecule has 0 unspecified atom stereocenters. The molecule has 3 rings (SSSR count). The zero-order chi connectivity index (χ0) is 17.3. The van der Waals surface area contributed by atoms with E-state index in [0.29, 0.717) is 5.56 Å². The summed E-state index contributed by atoms with van der Waals surface area (Å²) in [5.41, 5.74) is 4.70. The summed E-state index contributed by atoms with van der Waals surface area (Å²) in [5.74, 6) is 0.0245. The predicted molar refractivity (Wildman–Crippen MR) is 96.3 cm³/mol. The van der Waals surface area contributed by atoms with Gasteiger partial charge >= 0.3 is 0 Å². The summed E-state index contributed by atoms with van der Waals surface area (Å²) >= 11 is 0. The maximum atomic E-state index is 13.3. The van der Waals surface area contributed by atoms with Crippen molar-refractivity contribution in [3.63, 3.8) is 0 Å². The van der Waals surface area contributed by atoms with Gasteiger partial charge in [0.25, 0.3) is 5.91 Å². The third kappa shape index (κ3) is 3.16. The second-order valence-corrected chi connectivity index (χ2v) is 6.97. The van der Waals surface area contributed by atoms with Gasteiger partial charge in [0.05, 0.1) is 23.7 Å². The van der Waals surface area contributed by atoms with Gasteiger partial charge in [-0.1, -0.05) is 24.5 Å². The van der Waals surface area contributed by atoms with Crippen LogP contribution >= 0.6 is 0 Å². The molecule has 1 aliphatic heterocycles. The average Bonchev–Trinajstić information content (AvgIpc) is 2.79. The summed E-state index contributed by atoms with van der Waals surface area (Å²) in [6.45, 7) is 6.77. The smallest absolute Gasteiger partial charge is 0.254 e. The van der Waals surface area contributed by atoms with E-state index in [2.05, 4.69) is 11.1 Å². The number of pyridine rings is 1. The Morgan fingerprint density at radius 3 is 2.75 bits per heavy atom. The number of hydrogen-bond donors (Lipinski definition) is 1. The molecule has 128 valence electrons. The van der Waals surface area contributed by atoms with Crippen LogP contribution in [-0.2, 0) is 0 Å². The average molecular weight is 326 g/mol. The van der Waals surface area contributed by atoms with Crippen molar-refractivity contribution in [3.05, 3.63) is 40.6 Å². The quantitative estimate of drug-likeness (QED) is 0.918. The van der Waals surface area contributed by atoms with E-state index < -0.39 is 0 Å². The van der Waals surface area contributed by atoms with Crippen molar-refractivity contribution in [2.24, 2.45) is 0 Å². The number of fused-ring (bicyclic) bond motifs is 1. The number of aliphatic hydroxyl groups is 1. The second-order valence-electron chi connectivity index (χ2n) is 6.97. The highest BCUT2D eigenvalue weighted by Crippen LogP contribution is 2.26. The van der Waals surface area contributed by atoms with Crippen molar-refractivity contribution < 1.29 is 9.90 Å². The van der Waals surface area contributed by atoms with Crippen LogP contribution in [-0.4, -0.2) is 40.1 Å². The summed E-state index contributed by atoms with van der Waals surface area (Å²) in [6, 6.07) is 5.97. The molecule has 1 N–H and O–H groups in total. The molecule has 24 heavy (non-hydrogen) atoms. The summed E-state index contributed by atoms with van der Waals surface area (Å²) in [5, 5.41) is 10.7. The van der Waals surface area contributed by atoms with E-state index in [9.17, 15) is 9.90 Å². The van der Waals surface area contributed by atoms with Gasteiger partial charge in [0, 0.05) is 17.6 Å². The van der Waals surface area contributed by atoms with Gasteiger partial charge in [0.15, 0.2) is 0 Å². The minimum absolute atomic E-state index is 0.0245. The molecule has 4 nitrogen and oxygen atoms in total. The molecule has 0 radical (unpaired) electrons. The number of carbonyl (C=O) groups excluding carboxylic acids is 1. The Labute approximate surface area is 143 Å². The van der Waals surface area contributed by atoms with Crippen LogP contribution in [0.25, 0.3) is 10.9 Å². The molecule has 1 fully saturated rings. The molecule has 0 bridgehead atoms. The molecule has 2 aromatic rings. The summed E-state index contributed by atoms with van der Waals surface area (Å²) < 4.78 is 0. The minimum atomic E-state index is -0.0746. The van der Waals surface area contributed by atoms with E-state index in [1.807, 2.05) is 37.8 Å². The Morgan fingerprint density at radius 1 is 1.21 bits per heavy atom. The third-order valence-corrected chi connectivity index (χ3v) is 4.96. The fourth-order valence-corrected chi connectivity index (χ4v) is 3.78. The minimum Gasteiger partial charge on any atom is -0.394 e. The van der Waals surface area contributed by atoms with Crippen molar-refractivity contribution in [1.29, 1.82) is 0 Å². The first-order valence-electron chi connectivity index (χ1n) is 8.81. The van der Waals surface area contributed by atoms with E-state index in [1.165, 1.54) is 0 Å². The predicted octanol–water partition coefficient (Wildman–Crippen LogP) is 3.54. The maximum absolute atomic E-state index is 13.3. The van der Waals surface area contributed by atoms with Gasteiger partial charge in [0.1, 0.15) is 0 Å². The van der Waals surface area contributed by atoms with Crippen LogP contribution in [0.15, 0.2) is 18.2 Å². The lowest BCUT2D eigenvalue weighted by Gasteiger charge is -2.29. The zero-order valence-electron chi connectivity index (χ0n) is 14.8. The summed E-state index contributed by atoms with van der Waals surface area (Å²) in [6.07, 6.45) is 4.07. The molecular weight excluding hydrogens is 300 g/mol. The van der Waals surface area contributed by atoms with Crippen molar-refractivity contribution in [2.45, 2.75) is 52.5 Å². The second kappa shape index (κ2) is 6.89. The van der Waals surface area contributed by atoms with Gasteiger partial charge in [-0.15, -0.1) is 0 Å². The van der Waals surface area contributed by atoms with E-state index in [0.717, 1.165) is 60.0 Å². The van der Waals surface area contributed by atoms with Crippen LogP contribution in [0.3, 0.4) is 0 Å². The Bertz CT molecular complexity index is 770. The summed E-state index contributed by atoms with van der Waals surface area (Å²) in [4.78, 5) is 19.8. The highest BCUT2D eigenvalue weighted by molar-refractivity contribution is 6.07. The standard InChI is InChI=1S/C20H26N2O2/c1-13-9-14(2)19-17(10-13)18(11-15(3)21-19)20(24)22-8-6-4-5-7-16(22)12-23/h9-11,16,23H,4-8,12H2,1-3H3/t16-/m0/s1. The Balaban J connectivity index is 2.12. The van der Waals surface area contributed by atoms with E-state index in [4.69, 9.17) is 0 Å². The van der Waals surface area contributed by atoms with Gasteiger partial charge in [-0.3, -0.25) is 9.78 Å². The van der Waals surface area contributed by atoms with Crippen molar-refractivity contribution in [3.8, 4) is 0 Å². The molecule has 1 atom stereocenters. The van der Waals surface area contributed by atoms with Gasteiger partial charge in [-0.25, -0.2) is 0 Å². The van der Waals surface area contributed by atoms with E-state index >= 15 is 0 Å². The molecule has 0 spiro atoms. The Morgan fingerprint density at radius 2 is 2.00 bits per heavy atom. The number of hydrogen-bond acceptors (Lipinski definition) is 3. The molecule has 1 aromatic carbocycles. The number of nitrogens with zero attached hydrogens (tertiary/aromatic N) is 2. The van der Waals surface area contributed by atoms with Crippen molar-refractivity contribution in [1.82, 2.24) is 9.88 Å². The fraction of sp³-hybridized carbons (Fsp3) is 0.500. The number of rotatable bonds is 2. The molecule has 1 aliphatic rings. The molecule has 1 amide bonds. The van der Waals surface area contributed by atoms with Gasteiger partial charge in [-0.2, -0.15) is 0 Å². The molecule has 4 heteroatoms. The number of likely N-dealkylation sites (tertiary alicyclic amines) is 1. The van der Waals surface area contributed by atoms with Crippen LogP contribution in [0.5, 0.6) is 0 Å². The third-order valence-electron chi connectivity index (χ3n) is 4.96. The normalized spacial score (nSPS) is 18.7. The largest absolute Gasteiger partial charge is 0.394 e. The number of carbonyl (C=O) groups is 1. The van der Waals surface area contributed by atoms with Crippen LogP contribution in [0.2, 0.25) is 0 Å². The summed E-state index contributed by atoms with van der Waals surface area (Å²) in [7, 11) is 0. The zero-order valence-corrected chi connectivity index (χ0v) is 14.8. The van der Waals surface area contributed by atoms with Crippen molar-refractivity contribution in [2.75, 3.05) is 13.2 Å². The molecule has 0 aliphatic carbocycles. The molecule has 1 saturated heterocycles. The first-order chi connectivity index (χ1) is 11.5. The highest BCUT2D eigenvalue weighted by atomic mass is 16.3. The van der Waals surface area contributed by atoms with Crippen LogP contribution in [0, 0.1) is 20.8 Å². The lowest BCUT2D eigenvalue weighted by atomic mass is 10.00. The fourth-order valence-electron chi connectivity index (χ4n) is 3.78. The molecular formula is C20H26N2O2. The number of aliphatic hydroxyl groups excluding tert-OH is 1. The molecule has 1 aromatic heterocycles. The first-order valence-corrected chi connectivity index (χ1v) is 8.81. The first kappa shape index (κ1) is 16.9. The van der Waals surface area contributed by atoms with Crippen molar-refractivity contribution >= 4 is 16.8 Å².